The molecule has 0 aliphatic heterocycles. The second-order valence-corrected chi connectivity index (χ2v) is 3.13. The molecular weight excluding hydrogens is 166 g/mol. The summed E-state index contributed by atoms with van der Waals surface area (Å²) in [7, 11) is 0. The van der Waals surface area contributed by atoms with E-state index in [4.69, 9.17) is 9.52 Å². The Labute approximate surface area is 76.0 Å². The van der Waals surface area contributed by atoms with Crippen LogP contribution in [-0.4, -0.2) is 10.1 Å². The SMILES string of the molecule is Cc1cc2oc(CO)cc2c(C)n1. The van der Waals surface area contributed by atoms with Crippen LogP contribution in [0.1, 0.15) is 17.1 Å². The third-order valence-electron chi connectivity index (χ3n) is 2.04. The Morgan fingerprint density at radius 1 is 1.38 bits per heavy atom. The van der Waals surface area contributed by atoms with Crippen molar-refractivity contribution in [2.24, 2.45) is 0 Å². The molecule has 1 N–H and O–H groups in total. The molecule has 2 rings (SSSR count). The van der Waals surface area contributed by atoms with Gasteiger partial charge in [-0.1, -0.05) is 0 Å². The zero-order valence-corrected chi connectivity index (χ0v) is 7.66. The number of aromatic nitrogens is 1. The van der Waals surface area contributed by atoms with Gasteiger partial charge in [-0.05, 0) is 19.9 Å². The first-order valence-electron chi connectivity index (χ1n) is 4.18. The van der Waals surface area contributed by atoms with Gasteiger partial charge in [0, 0.05) is 22.8 Å². The third-order valence-corrected chi connectivity index (χ3v) is 2.04. The van der Waals surface area contributed by atoms with E-state index in [1.54, 1.807) is 0 Å². The van der Waals surface area contributed by atoms with Crippen LogP contribution in [0.2, 0.25) is 0 Å². The van der Waals surface area contributed by atoms with Crippen LogP contribution in [0, 0.1) is 13.8 Å². The zero-order chi connectivity index (χ0) is 9.42. The summed E-state index contributed by atoms with van der Waals surface area (Å²) < 4.78 is 5.39. The van der Waals surface area contributed by atoms with Crippen molar-refractivity contribution in [2.75, 3.05) is 0 Å². The standard InChI is InChI=1S/C10H11NO2/c1-6-3-10-9(7(2)11-6)4-8(5-12)13-10/h3-4,12H,5H2,1-2H3. The van der Waals surface area contributed by atoms with Gasteiger partial charge in [-0.2, -0.15) is 0 Å². The topological polar surface area (TPSA) is 46.3 Å². The monoisotopic (exact) mass is 177 g/mol. The molecule has 0 spiro atoms. The van der Waals surface area contributed by atoms with E-state index in [1.807, 2.05) is 26.0 Å². The molecule has 0 aliphatic rings. The number of hydrogen-bond donors (Lipinski definition) is 1. The Morgan fingerprint density at radius 3 is 2.85 bits per heavy atom. The van der Waals surface area contributed by atoms with Crippen LogP contribution in [0.4, 0.5) is 0 Å². The average Bonchev–Trinajstić information content (AvgIpc) is 2.47. The molecule has 3 nitrogen and oxygen atoms in total. The predicted molar refractivity (Wildman–Crippen MR) is 49.4 cm³/mol. The quantitative estimate of drug-likeness (QED) is 0.724. The van der Waals surface area contributed by atoms with E-state index in [0.717, 1.165) is 22.4 Å². The Balaban J connectivity index is 2.75. The maximum Gasteiger partial charge on any atom is 0.138 e. The summed E-state index contributed by atoms with van der Waals surface area (Å²) in [5.41, 5.74) is 2.68. The van der Waals surface area contributed by atoms with Crippen molar-refractivity contribution < 1.29 is 9.52 Å². The molecule has 68 valence electrons. The smallest absolute Gasteiger partial charge is 0.138 e. The normalized spacial score (nSPS) is 11.0. The van der Waals surface area contributed by atoms with Crippen LogP contribution in [0.25, 0.3) is 11.0 Å². The van der Waals surface area contributed by atoms with Crippen molar-refractivity contribution in [3.05, 3.63) is 29.3 Å². The van der Waals surface area contributed by atoms with E-state index in [2.05, 4.69) is 4.98 Å². The van der Waals surface area contributed by atoms with Gasteiger partial charge in [-0.15, -0.1) is 0 Å². The van der Waals surface area contributed by atoms with Gasteiger partial charge in [-0.3, -0.25) is 4.98 Å². The summed E-state index contributed by atoms with van der Waals surface area (Å²) in [6.07, 6.45) is 0. The predicted octanol–water partition coefficient (Wildman–Crippen LogP) is 1.94. The number of aliphatic hydroxyl groups excluding tert-OH is 1. The van der Waals surface area contributed by atoms with Crippen molar-refractivity contribution in [1.29, 1.82) is 0 Å². The highest BCUT2D eigenvalue weighted by Gasteiger charge is 2.06. The molecular formula is C10H11NO2. The van der Waals surface area contributed by atoms with Crippen molar-refractivity contribution in [2.45, 2.75) is 20.5 Å². The number of nitrogens with zero attached hydrogens (tertiary/aromatic N) is 1. The van der Waals surface area contributed by atoms with E-state index in [0.29, 0.717) is 5.76 Å². The zero-order valence-electron chi connectivity index (χ0n) is 7.66. The van der Waals surface area contributed by atoms with Gasteiger partial charge in [0.2, 0.25) is 0 Å². The molecule has 3 heteroatoms. The van der Waals surface area contributed by atoms with E-state index >= 15 is 0 Å². The first-order chi connectivity index (χ1) is 6.20. The van der Waals surface area contributed by atoms with Crippen LogP contribution in [0.3, 0.4) is 0 Å². The molecule has 13 heavy (non-hydrogen) atoms. The van der Waals surface area contributed by atoms with Crippen LogP contribution in [-0.2, 0) is 6.61 Å². The lowest BCUT2D eigenvalue weighted by Crippen LogP contribution is -1.84. The molecule has 0 amide bonds. The maximum atomic E-state index is 8.88. The third kappa shape index (κ3) is 1.31. The maximum absolute atomic E-state index is 8.88. The lowest BCUT2D eigenvalue weighted by atomic mass is 10.2. The lowest BCUT2D eigenvalue weighted by molar-refractivity contribution is 0.251. The number of fused-ring (bicyclic) bond motifs is 1. The number of aryl methyl sites for hydroxylation is 2. The molecule has 0 aromatic carbocycles. The number of rotatable bonds is 1. The minimum atomic E-state index is -0.0623. The van der Waals surface area contributed by atoms with Gasteiger partial charge < -0.3 is 9.52 Å². The van der Waals surface area contributed by atoms with Crippen molar-refractivity contribution in [3.8, 4) is 0 Å². The Morgan fingerprint density at radius 2 is 2.15 bits per heavy atom. The first-order valence-corrected chi connectivity index (χ1v) is 4.18. The molecule has 0 radical (unpaired) electrons. The fourth-order valence-electron chi connectivity index (χ4n) is 1.47. The summed E-state index contributed by atoms with van der Waals surface area (Å²) >= 11 is 0. The summed E-state index contributed by atoms with van der Waals surface area (Å²) in [6, 6.07) is 3.71. The molecule has 2 heterocycles. The van der Waals surface area contributed by atoms with E-state index < -0.39 is 0 Å². The van der Waals surface area contributed by atoms with Crippen LogP contribution < -0.4 is 0 Å². The minimum absolute atomic E-state index is 0.0623. The van der Waals surface area contributed by atoms with Crippen LogP contribution in [0.5, 0.6) is 0 Å². The van der Waals surface area contributed by atoms with Crippen LogP contribution >= 0.6 is 0 Å². The number of hydrogen-bond acceptors (Lipinski definition) is 3. The summed E-state index contributed by atoms with van der Waals surface area (Å²) in [5, 5.41) is 9.87. The summed E-state index contributed by atoms with van der Waals surface area (Å²) in [6.45, 7) is 3.80. The fourth-order valence-corrected chi connectivity index (χ4v) is 1.47. The largest absolute Gasteiger partial charge is 0.458 e. The van der Waals surface area contributed by atoms with E-state index in [1.165, 1.54) is 0 Å². The van der Waals surface area contributed by atoms with E-state index in [9.17, 15) is 0 Å². The number of pyridine rings is 1. The fraction of sp³-hybridized carbons (Fsp3) is 0.300. The van der Waals surface area contributed by atoms with Gasteiger partial charge >= 0.3 is 0 Å². The summed E-state index contributed by atoms with van der Waals surface area (Å²) in [4.78, 5) is 4.31. The average molecular weight is 177 g/mol. The lowest BCUT2D eigenvalue weighted by Gasteiger charge is -1.95. The Bertz CT molecular complexity index is 445. The van der Waals surface area contributed by atoms with Crippen LogP contribution in [0.15, 0.2) is 16.5 Å². The second kappa shape index (κ2) is 2.85. The highest BCUT2D eigenvalue weighted by molar-refractivity contribution is 5.80. The van der Waals surface area contributed by atoms with Crippen molar-refractivity contribution in [1.82, 2.24) is 4.98 Å². The number of aliphatic hydroxyl groups is 1. The molecule has 0 bridgehead atoms. The molecule has 0 fully saturated rings. The van der Waals surface area contributed by atoms with Crippen molar-refractivity contribution >= 4 is 11.0 Å². The summed E-state index contributed by atoms with van der Waals surface area (Å²) in [5.74, 6) is 0.588. The molecule has 0 atom stereocenters. The molecule has 2 aromatic rings. The highest BCUT2D eigenvalue weighted by atomic mass is 16.4. The molecule has 0 unspecified atom stereocenters. The van der Waals surface area contributed by atoms with Gasteiger partial charge in [0.05, 0.1) is 0 Å². The first kappa shape index (κ1) is 8.26. The number of furan rings is 1. The van der Waals surface area contributed by atoms with Crippen molar-refractivity contribution in [3.63, 3.8) is 0 Å². The van der Waals surface area contributed by atoms with Gasteiger partial charge in [-0.25, -0.2) is 0 Å². The van der Waals surface area contributed by atoms with Gasteiger partial charge in [0.1, 0.15) is 18.0 Å². The Hall–Kier alpha value is -1.35. The molecule has 2 aromatic heterocycles. The molecule has 0 saturated heterocycles. The van der Waals surface area contributed by atoms with Gasteiger partial charge in [0.25, 0.3) is 0 Å². The molecule has 0 aliphatic carbocycles. The molecule has 0 saturated carbocycles. The van der Waals surface area contributed by atoms with Gasteiger partial charge in [0.15, 0.2) is 0 Å². The minimum Gasteiger partial charge on any atom is -0.458 e. The Kier molecular flexibility index (Phi) is 1.81. The highest BCUT2D eigenvalue weighted by Crippen LogP contribution is 2.22. The second-order valence-electron chi connectivity index (χ2n) is 3.13. The van der Waals surface area contributed by atoms with E-state index in [-0.39, 0.29) is 6.61 Å².